The van der Waals surface area contributed by atoms with Crippen molar-refractivity contribution in [2.45, 2.75) is 38.3 Å². The fourth-order valence-electron chi connectivity index (χ4n) is 4.13. The Bertz CT molecular complexity index is 971. The number of aryl methyl sites for hydroxylation is 1. The monoisotopic (exact) mass is 375 g/mol. The molecule has 2 atom stereocenters. The molecule has 0 amide bonds. The van der Waals surface area contributed by atoms with Gasteiger partial charge in [0.25, 0.3) is 0 Å². The fraction of sp³-hybridized carbons (Fsp3) is 0.409. The summed E-state index contributed by atoms with van der Waals surface area (Å²) in [4.78, 5) is 13.2. The Morgan fingerprint density at radius 3 is 2.96 bits per heavy atom. The van der Waals surface area contributed by atoms with Crippen LogP contribution in [0.3, 0.4) is 0 Å². The van der Waals surface area contributed by atoms with Crippen molar-refractivity contribution in [1.82, 2.24) is 14.9 Å². The molecular weight excluding hydrogens is 353 g/mol. The van der Waals surface area contributed by atoms with Gasteiger partial charge < -0.3 is 4.90 Å². The molecule has 0 saturated carbocycles. The van der Waals surface area contributed by atoms with Crippen molar-refractivity contribution in [3.8, 4) is 17.9 Å². The number of rotatable bonds is 1. The molecule has 0 aromatic carbocycles. The summed E-state index contributed by atoms with van der Waals surface area (Å²) in [5, 5.41) is 9.33. The molecule has 28 heavy (non-hydrogen) atoms. The first-order valence-electron chi connectivity index (χ1n) is 9.65. The number of anilines is 1. The third-order valence-electron chi connectivity index (χ3n) is 5.45. The molecule has 2 fully saturated rings. The number of halogens is 1. The van der Waals surface area contributed by atoms with Crippen molar-refractivity contribution in [3.05, 3.63) is 53.2 Å². The molecule has 0 radical (unpaired) electrons. The summed E-state index contributed by atoms with van der Waals surface area (Å²) in [5.74, 6) is 6.78. The average molecular weight is 375 g/mol. The van der Waals surface area contributed by atoms with Crippen LogP contribution in [-0.4, -0.2) is 46.6 Å². The van der Waals surface area contributed by atoms with E-state index in [9.17, 15) is 9.65 Å². The minimum Gasteiger partial charge on any atom is -0.353 e. The number of piperazine rings is 1. The zero-order chi connectivity index (χ0) is 19.5. The van der Waals surface area contributed by atoms with Crippen LogP contribution in [0.1, 0.15) is 36.2 Å². The van der Waals surface area contributed by atoms with Gasteiger partial charge in [0, 0.05) is 31.4 Å². The molecule has 6 heteroatoms. The van der Waals surface area contributed by atoms with Gasteiger partial charge in [-0.15, -0.1) is 0 Å². The van der Waals surface area contributed by atoms with Crippen molar-refractivity contribution in [2.24, 2.45) is 0 Å². The Hall–Kier alpha value is -2.96. The molecule has 2 unspecified atom stereocenters. The smallest absolute Gasteiger partial charge is 0.146 e. The quantitative estimate of drug-likeness (QED) is 0.718. The van der Waals surface area contributed by atoms with Crippen LogP contribution in [0, 0.1) is 35.9 Å². The first-order valence-corrected chi connectivity index (χ1v) is 9.65. The van der Waals surface area contributed by atoms with Crippen molar-refractivity contribution >= 4 is 5.82 Å². The summed E-state index contributed by atoms with van der Waals surface area (Å²) < 4.78 is 13.4. The normalized spacial score (nSPS) is 22.0. The Balaban J connectivity index is 1.50. The van der Waals surface area contributed by atoms with Gasteiger partial charge in [-0.3, -0.25) is 4.90 Å². The molecule has 0 bridgehead atoms. The van der Waals surface area contributed by atoms with E-state index < -0.39 is 5.82 Å². The van der Waals surface area contributed by atoms with Crippen molar-refractivity contribution < 1.29 is 4.39 Å². The van der Waals surface area contributed by atoms with E-state index >= 15 is 0 Å². The lowest BCUT2D eigenvalue weighted by Gasteiger charge is -2.47. The van der Waals surface area contributed by atoms with Gasteiger partial charge in [0.2, 0.25) is 0 Å². The lowest BCUT2D eigenvalue weighted by Crippen LogP contribution is -2.58. The molecule has 4 heterocycles. The second kappa shape index (κ2) is 7.96. The van der Waals surface area contributed by atoms with Crippen LogP contribution in [0.15, 0.2) is 30.5 Å². The zero-order valence-corrected chi connectivity index (χ0v) is 15.9. The fourth-order valence-corrected chi connectivity index (χ4v) is 4.13. The van der Waals surface area contributed by atoms with Crippen LogP contribution in [0.4, 0.5) is 10.2 Å². The Kier molecular flexibility index (Phi) is 5.23. The number of hydrogen-bond acceptors (Lipinski definition) is 5. The highest BCUT2D eigenvalue weighted by atomic mass is 19.1. The van der Waals surface area contributed by atoms with E-state index in [0.717, 1.165) is 50.3 Å². The predicted molar refractivity (Wildman–Crippen MR) is 105 cm³/mol. The summed E-state index contributed by atoms with van der Waals surface area (Å²) >= 11 is 0. The molecule has 2 aromatic heterocycles. The minimum atomic E-state index is -0.475. The molecule has 2 aromatic rings. The van der Waals surface area contributed by atoms with Crippen molar-refractivity contribution in [2.75, 3.05) is 24.5 Å². The van der Waals surface area contributed by atoms with Gasteiger partial charge in [-0.25, -0.2) is 14.4 Å². The molecule has 5 nitrogen and oxygen atoms in total. The molecule has 142 valence electrons. The predicted octanol–water partition coefficient (Wildman–Crippen LogP) is 2.89. The molecule has 0 N–H and O–H groups in total. The van der Waals surface area contributed by atoms with Gasteiger partial charge in [0.05, 0.1) is 17.8 Å². The van der Waals surface area contributed by atoms with E-state index in [4.69, 9.17) is 0 Å². The summed E-state index contributed by atoms with van der Waals surface area (Å²) in [6, 6.07) is 9.82. The summed E-state index contributed by atoms with van der Waals surface area (Å²) in [6.45, 7) is 4.37. The number of piperidine rings is 1. The molecule has 2 aliphatic rings. The number of nitrogens with zero attached hydrogens (tertiary/aromatic N) is 5. The first-order chi connectivity index (χ1) is 13.6. The van der Waals surface area contributed by atoms with Gasteiger partial charge in [0.15, 0.2) is 0 Å². The minimum absolute atomic E-state index is 0.222. The molecule has 4 rings (SSSR count). The van der Waals surface area contributed by atoms with Crippen molar-refractivity contribution in [1.29, 1.82) is 5.26 Å². The average Bonchev–Trinajstić information content (AvgIpc) is 2.71. The highest BCUT2D eigenvalue weighted by molar-refractivity contribution is 5.54. The van der Waals surface area contributed by atoms with Crippen LogP contribution in [0.5, 0.6) is 0 Å². The van der Waals surface area contributed by atoms with Gasteiger partial charge in [0.1, 0.15) is 23.4 Å². The van der Waals surface area contributed by atoms with Crippen molar-refractivity contribution in [3.63, 3.8) is 0 Å². The Labute approximate surface area is 164 Å². The third-order valence-corrected chi connectivity index (χ3v) is 5.45. The van der Waals surface area contributed by atoms with Gasteiger partial charge in [-0.05, 0) is 50.3 Å². The van der Waals surface area contributed by atoms with Crippen LogP contribution in [0.2, 0.25) is 0 Å². The van der Waals surface area contributed by atoms with Crippen LogP contribution >= 0.6 is 0 Å². The number of nitriles is 1. The topological polar surface area (TPSA) is 56.1 Å². The summed E-state index contributed by atoms with van der Waals surface area (Å²) in [6.07, 6.45) is 4.47. The Morgan fingerprint density at radius 1 is 1.25 bits per heavy atom. The Morgan fingerprint density at radius 2 is 2.14 bits per heavy atom. The molecule has 0 spiro atoms. The van der Waals surface area contributed by atoms with Crippen LogP contribution in [0.25, 0.3) is 0 Å². The second-order valence-corrected chi connectivity index (χ2v) is 7.35. The van der Waals surface area contributed by atoms with E-state index in [0.29, 0.717) is 17.4 Å². The SMILES string of the molecule is Cc1cccc(C#CC2CCCC3CN(c4ncc(F)cc4C#N)CCN23)n1. The van der Waals surface area contributed by atoms with E-state index in [1.807, 2.05) is 25.1 Å². The van der Waals surface area contributed by atoms with E-state index in [-0.39, 0.29) is 6.04 Å². The number of hydrogen-bond donors (Lipinski definition) is 0. The van der Waals surface area contributed by atoms with Crippen LogP contribution in [-0.2, 0) is 0 Å². The highest BCUT2D eigenvalue weighted by Crippen LogP contribution is 2.29. The molecule has 2 aliphatic heterocycles. The molecular formula is C22H22FN5. The van der Waals surface area contributed by atoms with E-state index in [2.05, 4.69) is 37.7 Å². The van der Waals surface area contributed by atoms with Crippen LogP contribution < -0.4 is 4.90 Å². The third kappa shape index (κ3) is 3.83. The maximum absolute atomic E-state index is 13.4. The second-order valence-electron chi connectivity index (χ2n) is 7.35. The lowest BCUT2D eigenvalue weighted by atomic mass is 9.93. The number of fused-ring (bicyclic) bond motifs is 1. The number of pyridine rings is 2. The summed E-state index contributed by atoms with van der Waals surface area (Å²) in [7, 11) is 0. The zero-order valence-electron chi connectivity index (χ0n) is 15.9. The maximum atomic E-state index is 13.4. The van der Waals surface area contributed by atoms with E-state index in [1.54, 1.807) is 0 Å². The van der Waals surface area contributed by atoms with Gasteiger partial charge in [-0.2, -0.15) is 5.26 Å². The van der Waals surface area contributed by atoms with Gasteiger partial charge >= 0.3 is 0 Å². The molecule has 2 saturated heterocycles. The highest BCUT2D eigenvalue weighted by Gasteiger charge is 2.35. The largest absolute Gasteiger partial charge is 0.353 e. The van der Waals surface area contributed by atoms with Gasteiger partial charge in [-0.1, -0.05) is 12.0 Å². The summed E-state index contributed by atoms with van der Waals surface area (Å²) in [5.41, 5.74) is 2.09. The molecule has 0 aliphatic carbocycles. The standard InChI is InChI=1S/C22H22FN5/c1-16-4-2-5-19(26-16)8-9-20-6-3-7-21-15-27(10-11-28(20)21)22-17(13-24)12-18(23)14-25-22/h2,4-5,12,14,20-21H,3,6-7,10-11,15H2,1H3. The lowest BCUT2D eigenvalue weighted by molar-refractivity contribution is 0.100. The number of aromatic nitrogens is 2. The first kappa shape index (κ1) is 18.4. The van der Waals surface area contributed by atoms with E-state index in [1.165, 1.54) is 12.3 Å². The maximum Gasteiger partial charge on any atom is 0.146 e.